The van der Waals surface area contributed by atoms with Crippen LogP contribution < -0.4 is 21.3 Å². The average Bonchev–Trinajstić information content (AvgIpc) is 3.23. The fourth-order valence-electron chi connectivity index (χ4n) is 4.51. The zero-order valence-corrected chi connectivity index (χ0v) is 21.6. The first-order chi connectivity index (χ1) is 17.2. The summed E-state index contributed by atoms with van der Waals surface area (Å²) < 4.78 is 0. The lowest BCUT2D eigenvalue weighted by Crippen LogP contribution is -2.56. The van der Waals surface area contributed by atoms with E-state index in [0.29, 0.717) is 25.2 Å². The van der Waals surface area contributed by atoms with Gasteiger partial charge in [-0.05, 0) is 43.7 Å². The van der Waals surface area contributed by atoms with Gasteiger partial charge in [-0.1, -0.05) is 45.4 Å². The van der Waals surface area contributed by atoms with E-state index in [2.05, 4.69) is 40.1 Å². The number of benzene rings is 1. The Morgan fingerprint density at radius 2 is 1.58 bits per heavy atom. The Morgan fingerprint density at radius 1 is 0.889 bits per heavy atom. The van der Waals surface area contributed by atoms with Gasteiger partial charge >= 0.3 is 0 Å². The predicted molar refractivity (Wildman–Crippen MR) is 139 cm³/mol. The maximum Gasteiger partial charge on any atom is 0.243 e. The Morgan fingerprint density at radius 3 is 2.31 bits per heavy atom. The Labute approximate surface area is 212 Å². The zero-order valence-electron chi connectivity index (χ0n) is 21.6. The SMILES string of the molecule is CCC[C@@H]1NC(=O)[C@H](C)NC(=O)C[C@H](CCC(C)C)NC(=O)[C@H](Cc2c[nH]c3ccccc23)NC1=O. The van der Waals surface area contributed by atoms with E-state index in [1.165, 1.54) is 0 Å². The standard InChI is InChI=1S/C27H39N5O4/c1-5-8-22-26(35)32-23(13-18-15-28-21-10-7-6-9-20(18)21)27(36)30-19(12-11-16(2)3)14-24(33)29-17(4)25(34)31-22/h6-7,9-10,15-17,19,22-23,28H,5,8,11-14H2,1-4H3,(H,29,33)(H,30,36)(H,31,34)(H,32,35)/t17-,19-,22-,23-/m0/s1. The minimum absolute atomic E-state index is 0.0578. The molecular formula is C27H39N5O4. The van der Waals surface area contributed by atoms with Crippen LogP contribution in [0.4, 0.5) is 0 Å². The maximum absolute atomic E-state index is 13.5. The van der Waals surface area contributed by atoms with Crippen molar-refractivity contribution in [2.75, 3.05) is 0 Å². The van der Waals surface area contributed by atoms with Crippen molar-refractivity contribution >= 4 is 34.5 Å². The average molecular weight is 498 g/mol. The molecule has 0 bridgehead atoms. The fraction of sp³-hybridized carbons (Fsp3) is 0.556. The molecule has 1 aliphatic rings. The molecule has 4 atom stereocenters. The van der Waals surface area contributed by atoms with Crippen LogP contribution in [0.1, 0.15) is 65.4 Å². The molecule has 0 aliphatic carbocycles. The number of fused-ring (bicyclic) bond motifs is 1. The molecule has 0 spiro atoms. The fourth-order valence-corrected chi connectivity index (χ4v) is 4.51. The van der Waals surface area contributed by atoms with Crippen LogP contribution >= 0.6 is 0 Å². The van der Waals surface area contributed by atoms with Gasteiger partial charge in [-0.25, -0.2) is 0 Å². The molecule has 5 N–H and O–H groups in total. The molecule has 4 amide bonds. The van der Waals surface area contributed by atoms with Crippen molar-refractivity contribution < 1.29 is 19.2 Å². The number of H-pyrrole nitrogens is 1. The molecule has 3 rings (SSSR count). The predicted octanol–water partition coefficient (Wildman–Crippen LogP) is 2.31. The van der Waals surface area contributed by atoms with Crippen LogP contribution in [-0.4, -0.2) is 52.8 Å². The van der Waals surface area contributed by atoms with Gasteiger partial charge in [0, 0.05) is 36.0 Å². The van der Waals surface area contributed by atoms with Crippen LogP contribution in [-0.2, 0) is 25.6 Å². The van der Waals surface area contributed by atoms with Crippen molar-refractivity contribution in [1.82, 2.24) is 26.3 Å². The summed E-state index contributed by atoms with van der Waals surface area (Å²) >= 11 is 0. The number of aromatic amines is 1. The van der Waals surface area contributed by atoms with E-state index >= 15 is 0 Å². The van der Waals surface area contributed by atoms with E-state index in [-0.39, 0.29) is 24.7 Å². The van der Waals surface area contributed by atoms with Crippen LogP contribution in [0.25, 0.3) is 10.9 Å². The largest absolute Gasteiger partial charge is 0.361 e. The molecule has 36 heavy (non-hydrogen) atoms. The highest BCUT2D eigenvalue weighted by molar-refractivity contribution is 5.95. The van der Waals surface area contributed by atoms with E-state index < -0.39 is 36.0 Å². The number of aromatic nitrogens is 1. The molecule has 2 heterocycles. The second kappa shape index (κ2) is 12.6. The number of hydrogen-bond donors (Lipinski definition) is 5. The summed E-state index contributed by atoms with van der Waals surface area (Å²) in [7, 11) is 0. The van der Waals surface area contributed by atoms with Crippen LogP contribution in [0.3, 0.4) is 0 Å². The van der Waals surface area contributed by atoms with Crippen molar-refractivity contribution in [2.24, 2.45) is 5.92 Å². The van der Waals surface area contributed by atoms with Gasteiger partial charge in [0.2, 0.25) is 23.6 Å². The summed E-state index contributed by atoms with van der Waals surface area (Å²) in [6.07, 6.45) is 4.69. The summed E-state index contributed by atoms with van der Waals surface area (Å²) in [4.78, 5) is 55.5. The van der Waals surface area contributed by atoms with E-state index in [4.69, 9.17) is 0 Å². The van der Waals surface area contributed by atoms with Crippen LogP contribution in [0.5, 0.6) is 0 Å². The third-order valence-electron chi connectivity index (χ3n) is 6.58. The van der Waals surface area contributed by atoms with Gasteiger partial charge in [-0.15, -0.1) is 0 Å². The summed E-state index contributed by atoms with van der Waals surface area (Å²) in [6, 6.07) is 4.90. The first kappa shape index (κ1) is 27.2. The van der Waals surface area contributed by atoms with Crippen molar-refractivity contribution in [1.29, 1.82) is 0 Å². The third-order valence-corrected chi connectivity index (χ3v) is 6.58. The van der Waals surface area contributed by atoms with Gasteiger partial charge in [0.1, 0.15) is 18.1 Å². The minimum Gasteiger partial charge on any atom is -0.361 e. The second-order valence-electron chi connectivity index (χ2n) is 10.1. The van der Waals surface area contributed by atoms with Crippen LogP contribution in [0.15, 0.2) is 30.5 Å². The molecule has 9 heteroatoms. The number of hydrogen-bond acceptors (Lipinski definition) is 4. The summed E-state index contributed by atoms with van der Waals surface area (Å²) in [5.74, 6) is -1.10. The highest BCUT2D eigenvalue weighted by Crippen LogP contribution is 2.20. The van der Waals surface area contributed by atoms with Gasteiger partial charge in [-0.3, -0.25) is 19.2 Å². The van der Waals surface area contributed by atoms with Gasteiger partial charge in [0.25, 0.3) is 0 Å². The molecular weight excluding hydrogens is 458 g/mol. The molecule has 0 unspecified atom stereocenters. The molecule has 1 aromatic heterocycles. The first-order valence-corrected chi connectivity index (χ1v) is 12.9. The molecule has 0 radical (unpaired) electrons. The Kier molecular flexibility index (Phi) is 9.50. The lowest BCUT2D eigenvalue weighted by Gasteiger charge is -2.25. The highest BCUT2D eigenvalue weighted by atomic mass is 16.2. The first-order valence-electron chi connectivity index (χ1n) is 12.9. The zero-order chi connectivity index (χ0) is 26.2. The smallest absolute Gasteiger partial charge is 0.243 e. The molecule has 1 fully saturated rings. The van der Waals surface area contributed by atoms with Crippen molar-refractivity contribution in [3.8, 4) is 0 Å². The quantitative estimate of drug-likeness (QED) is 0.402. The highest BCUT2D eigenvalue weighted by Gasteiger charge is 2.31. The lowest BCUT2D eigenvalue weighted by atomic mass is 9.99. The second-order valence-corrected chi connectivity index (χ2v) is 10.1. The van der Waals surface area contributed by atoms with E-state index in [1.54, 1.807) is 6.92 Å². The molecule has 0 saturated carbocycles. The summed E-state index contributed by atoms with van der Waals surface area (Å²) in [6.45, 7) is 7.68. The normalized spacial score (nSPS) is 24.2. The molecule has 9 nitrogen and oxygen atoms in total. The van der Waals surface area contributed by atoms with E-state index in [0.717, 1.165) is 22.9 Å². The Hall–Kier alpha value is -3.36. The number of carbonyl (C=O) groups excluding carboxylic acids is 4. The molecule has 1 saturated heterocycles. The van der Waals surface area contributed by atoms with Gasteiger partial charge in [-0.2, -0.15) is 0 Å². The summed E-state index contributed by atoms with van der Waals surface area (Å²) in [5.41, 5.74) is 1.84. The number of amides is 4. The van der Waals surface area contributed by atoms with E-state index in [1.807, 2.05) is 37.4 Å². The van der Waals surface area contributed by atoms with Gasteiger partial charge in [0.15, 0.2) is 0 Å². The van der Waals surface area contributed by atoms with Crippen LogP contribution in [0, 0.1) is 5.92 Å². The number of rotatable bonds is 7. The lowest BCUT2D eigenvalue weighted by molar-refractivity contribution is -0.133. The van der Waals surface area contributed by atoms with Gasteiger partial charge in [0.05, 0.1) is 0 Å². The van der Waals surface area contributed by atoms with Gasteiger partial charge < -0.3 is 26.3 Å². The molecule has 1 aliphatic heterocycles. The van der Waals surface area contributed by atoms with Crippen molar-refractivity contribution in [3.63, 3.8) is 0 Å². The van der Waals surface area contributed by atoms with Crippen LogP contribution in [0.2, 0.25) is 0 Å². The minimum atomic E-state index is -0.865. The molecule has 1 aromatic carbocycles. The molecule has 2 aromatic rings. The number of carbonyl (C=O) groups is 4. The number of para-hydroxylation sites is 1. The topological polar surface area (TPSA) is 132 Å². The third kappa shape index (κ3) is 7.32. The van der Waals surface area contributed by atoms with Crippen molar-refractivity contribution in [2.45, 2.75) is 90.4 Å². The summed E-state index contributed by atoms with van der Waals surface area (Å²) in [5, 5.41) is 12.3. The Balaban J connectivity index is 1.93. The number of nitrogens with one attached hydrogen (secondary N) is 5. The molecule has 196 valence electrons. The van der Waals surface area contributed by atoms with E-state index in [9.17, 15) is 19.2 Å². The maximum atomic E-state index is 13.5. The Bertz CT molecular complexity index is 1080. The monoisotopic (exact) mass is 497 g/mol. The van der Waals surface area contributed by atoms with Crippen molar-refractivity contribution in [3.05, 3.63) is 36.0 Å².